The van der Waals surface area contributed by atoms with Crippen LogP contribution in [-0.4, -0.2) is 24.0 Å². The summed E-state index contributed by atoms with van der Waals surface area (Å²) < 4.78 is 25.8. The second-order valence-corrected chi connectivity index (χ2v) is 4.00. The van der Waals surface area contributed by atoms with E-state index in [0.717, 1.165) is 11.4 Å². The van der Waals surface area contributed by atoms with Crippen LogP contribution in [0.25, 0.3) is 0 Å². The number of alkyl halides is 2. The maximum atomic E-state index is 12.9. The molecule has 0 aromatic carbocycles. The Bertz CT molecular complexity index is 325. The van der Waals surface area contributed by atoms with Gasteiger partial charge in [0.2, 0.25) is 0 Å². The molecule has 1 aliphatic rings. The lowest BCUT2D eigenvalue weighted by molar-refractivity contribution is -0.0220. The lowest BCUT2D eigenvalue weighted by Crippen LogP contribution is -2.39. The van der Waals surface area contributed by atoms with Crippen molar-refractivity contribution in [1.29, 1.82) is 0 Å². The van der Waals surface area contributed by atoms with Crippen LogP contribution in [0.5, 0.6) is 0 Å². The van der Waals surface area contributed by atoms with Gasteiger partial charge in [-0.1, -0.05) is 0 Å². The molecule has 2 heterocycles. The van der Waals surface area contributed by atoms with Crippen molar-refractivity contribution in [2.24, 2.45) is 0 Å². The third-order valence-electron chi connectivity index (χ3n) is 2.76. The average molecular weight is 212 g/mol. The summed E-state index contributed by atoms with van der Waals surface area (Å²) in [6, 6.07) is 3.84. The number of halogens is 2. The summed E-state index contributed by atoms with van der Waals surface area (Å²) in [6.07, 6.45) is 1.64. The second kappa shape index (κ2) is 3.76. The highest BCUT2D eigenvalue weighted by molar-refractivity contribution is 5.44. The highest BCUT2D eigenvalue weighted by Gasteiger charge is 2.33. The first-order chi connectivity index (χ1) is 7.07. The summed E-state index contributed by atoms with van der Waals surface area (Å²) >= 11 is 0. The molecule has 0 saturated carbocycles. The summed E-state index contributed by atoms with van der Waals surface area (Å²) in [7, 11) is 0. The first-order valence-electron chi connectivity index (χ1n) is 5.12. The number of hydrogen-bond acceptors (Lipinski definition) is 2. The largest absolute Gasteiger partial charge is 0.370 e. The molecule has 2 rings (SSSR count). The average Bonchev–Trinajstić information content (AvgIpc) is 2.20. The van der Waals surface area contributed by atoms with E-state index in [1.807, 2.05) is 24.0 Å². The van der Waals surface area contributed by atoms with E-state index in [0.29, 0.717) is 13.1 Å². The topological polar surface area (TPSA) is 16.1 Å². The van der Waals surface area contributed by atoms with E-state index >= 15 is 0 Å². The molecule has 82 valence electrons. The van der Waals surface area contributed by atoms with E-state index < -0.39 is 5.92 Å². The van der Waals surface area contributed by atoms with Gasteiger partial charge in [-0.15, -0.1) is 0 Å². The zero-order chi connectivity index (χ0) is 10.9. The van der Waals surface area contributed by atoms with Crippen LogP contribution in [0, 0.1) is 6.92 Å². The molecular formula is C11H14F2N2. The van der Waals surface area contributed by atoms with Crippen LogP contribution < -0.4 is 4.90 Å². The molecule has 15 heavy (non-hydrogen) atoms. The Morgan fingerprint density at radius 3 is 2.47 bits per heavy atom. The Hall–Kier alpha value is -1.19. The minimum absolute atomic E-state index is 0.0547. The van der Waals surface area contributed by atoms with Crippen LogP contribution in [0.15, 0.2) is 18.3 Å². The van der Waals surface area contributed by atoms with Gasteiger partial charge in [0.1, 0.15) is 0 Å². The predicted octanol–water partition coefficient (Wildman–Crippen LogP) is 2.63. The minimum atomic E-state index is -2.48. The van der Waals surface area contributed by atoms with Gasteiger partial charge in [0.25, 0.3) is 5.92 Å². The molecule has 0 atom stereocenters. The van der Waals surface area contributed by atoms with Crippen molar-refractivity contribution < 1.29 is 8.78 Å². The standard InChI is InChI=1S/C11H14F2N2/c1-9-2-3-10(8-14-9)15-6-4-11(12,13)5-7-15/h2-3,8H,4-7H2,1H3. The van der Waals surface area contributed by atoms with Crippen molar-refractivity contribution in [2.45, 2.75) is 25.7 Å². The third-order valence-corrected chi connectivity index (χ3v) is 2.76. The first kappa shape index (κ1) is 10.3. The summed E-state index contributed by atoms with van der Waals surface area (Å²) in [5.74, 6) is -2.48. The Labute approximate surface area is 87.9 Å². The lowest BCUT2D eigenvalue weighted by Gasteiger charge is -2.33. The van der Waals surface area contributed by atoms with Gasteiger partial charge in [0.05, 0.1) is 11.9 Å². The fraction of sp³-hybridized carbons (Fsp3) is 0.545. The molecule has 0 amide bonds. The lowest BCUT2D eigenvalue weighted by atomic mass is 10.1. The van der Waals surface area contributed by atoms with Gasteiger partial charge in [-0.2, -0.15) is 0 Å². The Balaban J connectivity index is 2.04. The molecule has 0 unspecified atom stereocenters. The van der Waals surface area contributed by atoms with Crippen molar-refractivity contribution in [3.05, 3.63) is 24.0 Å². The van der Waals surface area contributed by atoms with Gasteiger partial charge in [0, 0.05) is 31.6 Å². The quantitative estimate of drug-likeness (QED) is 0.711. The smallest absolute Gasteiger partial charge is 0.251 e. The fourth-order valence-corrected chi connectivity index (χ4v) is 1.74. The van der Waals surface area contributed by atoms with Crippen LogP contribution in [0.4, 0.5) is 14.5 Å². The first-order valence-corrected chi connectivity index (χ1v) is 5.12. The minimum Gasteiger partial charge on any atom is -0.370 e. The molecule has 0 N–H and O–H groups in total. The van der Waals surface area contributed by atoms with Gasteiger partial charge >= 0.3 is 0 Å². The van der Waals surface area contributed by atoms with E-state index in [-0.39, 0.29) is 12.8 Å². The van der Waals surface area contributed by atoms with E-state index in [1.165, 1.54) is 0 Å². The summed E-state index contributed by atoms with van der Waals surface area (Å²) in [4.78, 5) is 6.12. The van der Waals surface area contributed by atoms with Crippen molar-refractivity contribution in [1.82, 2.24) is 4.98 Å². The van der Waals surface area contributed by atoms with Crippen LogP contribution in [0.1, 0.15) is 18.5 Å². The number of aryl methyl sites for hydroxylation is 1. The van der Waals surface area contributed by atoms with Crippen molar-refractivity contribution in [3.8, 4) is 0 Å². The van der Waals surface area contributed by atoms with Crippen LogP contribution in [0.3, 0.4) is 0 Å². The highest BCUT2D eigenvalue weighted by Crippen LogP contribution is 2.29. The van der Waals surface area contributed by atoms with Gasteiger partial charge in [0.15, 0.2) is 0 Å². The van der Waals surface area contributed by atoms with Gasteiger partial charge in [-0.05, 0) is 19.1 Å². The van der Waals surface area contributed by atoms with Gasteiger partial charge in [-0.3, -0.25) is 4.98 Å². The van der Waals surface area contributed by atoms with Gasteiger partial charge < -0.3 is 4.90 Å². The van der Waals surface area contributed by atoms with E-state index in [4.69, 9.17) is 0 Å². The van der Waals surface area contributed by atoms with Crippen molar-refractivity contribution in [3.63, 3.8) is 0 Å². The summed E-state index contributed by atoms with van der Waals surface area (Å²) in [5.41, 5.74) is 1.89. The molecule has 1 saturated heterocycles. The number of rotatable bonds is 1. The number of piperidine rings is 1. The molecule has 0 bridgehead atoms. The van der Waals surface area contributed by atoms with Crippen LogP contribution in [-0.2, 0) is 0 Å². The Kier molecular flexibility index (Phi) is 2.59. The molecule has 0 spiro atoms. The highest BCUT2D eigenvalue weighted by atomic mass is 19.3. The zero-order valence-electron chi connectivity index (χ0n) is 8.71. The molecule has 0 radical (unpaired) electrons. The van der Waals surface area contributed by atoms with Crippen LogP contribution >= 0.6 is 0 Å². The molecule has 1 aliphatic heterocycles. The molecule has 1 fully saturated rings. The Morgan fingerprint density at radius 1 is 1.27 bits per heavy atom. The summed E-state index contributed by atoms with van der Waals surface area (Å²) in [6.45, 7) is 2.74. The maximum Gasteiger partial charge on any atom is 0.251 e. The third kappa shape index (κ3) is 2.43. The van der Waals surface area contributed by atoms with Crippen LogP contribution in [0.2, 0.25) is 0 Å². The number of nitrogens with zero attached hydrogens (tertiary/aromatic N) is 2. The zero-order valence-corrected chi connectivity index (χ0v) is 8.71. The number of hydrogen-bond donors (Lipinski definition) is 0. The number of aromatic nitrogens is 1. The van der Waals surface area contributed by atoms with E-state index in [1.54, 1.807) is 6.20 Å². The molecule has 2 nitrogen and oxygen atoms in total. The molecular weight excluding hydrogens is 198 g/mol. The molecule has 4 heteroatoms. The molecule has 0 aliphatic carbocycles. The maximum absolute atomic E-state index is 12.9. The molecule has 1 aromatic rings. The van der Waals surface area contributed by atoms with E-state index in [9.17, 15) is 8.78 Å². The summed E-state index contributed by atoms with van der Waals surface area (Å²) in [5, 5.41) is 0. The molecule has 1 aromatic heterocycles. The Morgan fingerprint density at radius 2 is 1.93 bits per heavy atom. The van der Waals surface area contributed by atoms with E-state index in [2.05, 4.69) is 4.98 Å². The van der Waals surface area contributed by atoms with Crippen molar-refractivity contribution in [2.75, 3.05) is 18.0 Å². The fourth-order valence-electron chi connectivity index (χ4n) is 1.74. The second-order valence-electron chi connectivity index (χ2n) is 4.00. The number of anilines is 1. The van der Waals surface area contributed by atoms with Crippen molar-refractivity contribution >= 4 is 5.69 Å². The number of pyridine rings is 1. The van der Waals surface area contributed by atoms with Gasteiger partial charge in [-0.25, -0.2) is 8.78 Å². The monoisotopic (exact) mass is 212 g/mol. The normalized spacial score (nSPS) is 20.3. The predicted molar refractivity (Wildman–Crippen MR) is 55.4 cm³/mol. The SMILES string of the molecule is Cc1ccc(N2CCC(F)(F)CC2)cn1.